The number of anilines is 3. The molecule has 0 unspecified atom stereocenters. The lowest BCUT2D eigenvalue weighted by Crippen LogP contribution is -2.44. The number of nitrogens with one attached hydrogen (secondary N) is 3. The van der Waals surface area contributed by atoms with Crippen LogP contribution in [0, 0.1) is 12.7 Å². The molecule has 2 aromatic carbocycles. The summed E-state index contributed by atoms with van der Waals surface area (Å²) in [6.07, 6.45) is 0. The molecular formula is C22H24FN5O2. The summed E-state index contributed by atoms with van der Waals surface area (Å²) in [7, 11) is 2.04. The molecule has 1 aromatic heterocycles. The van der Waals surface area contributed by atoms with Gasteiger partial charge in [-0.15, -0.1) is 0 Å². The molecule has 0 saturated carbocycles. The van der Waals surface area contributed by atoms with E-state index in [1.165, 1.54) is 12.1 Å². The Morgan fingerprint density at radius 1 is 0.967 bits per heavy atom. The number of benzene rings is 2. The number of aromatic amines is 1. The fraction of sp³-hybridized carbons (Fsp3) is 0.273. The van der Waals surface area contributed by atoms with Crippen molar-refractivity contribution in [2.24, 2.45) is 0 Å². The van der Waals surface area contributed by atoms with Gasteiger partial charge in [-0.25, -0.2) is 4.39 Å². The summed E-state index contributed by atoms with van der Waals surface area (Å²) in [5.74, 6) is -2.13. The molecule has 1 fully saturated rings. The molecule has 2 amide bonds. The molecule has 1 aliphatic heterocycles. The van der Waals surface area contributed by atoms with Gasteiger partial charge in [0.25, 0.3) is 0 Å². The number of amides is 2. The summed E-state index contributed by atoms with van der Waals surface area (Å²) in [5, 5.41) is 6.11. The predicted octanol–water partition coefficient (Wildman–Crippen LogP) is 2.94. The van der Waals surface area contributed by atoms with E-state index in [1.807, 2.05) is 26.1 Å². The number of halogens is 1. The molecule has 156 valence electrons. The molecule has 3 N–H and O–H groups in total. The van der Waals surface area contributed by atoms with Gasteiger partial charge in [-0.1, -0.05) is 0 Å². The molecule has 0 aliphatic carbocycles. The van der Waals surface area contributed by atoms with Crippen LogP contribution in [0.25, 0.3) is 10.9 Å². The first-order chi connectivity index (χ1) is 14.4. The Morgan fingerprint density at radius 3 is 2.47 bits per heavy atom. The highest BCUT2D eigenvalue weighted by Gasteiger charge is 2.21. The van der Waals surface area contributed by atoms with Crippen LogP contribution in [0.4, 0.5) is 21.5 Å². The highest BCUT2D eigenvalue weighted by Crippen LogP contribution is 2.28. The zero-order valence-corrected chi connectivity index (χ0v) is 17.0. The van der Waals surface area contributed by atoms with Gasteiger partial charge < -0.3 is 25.4 Å². The van der Waals surface area contributed by atoms with Crippen molar-refractivity contribution in [3.05, 3.63) is 54.0 Å². The molecule has 8 heteroatoms. The van der Waals surface area contributed by atoms with Crippen LogP contribution in [0.3, 0.4) is 0 Å². The van der Waals surface area contributed by atoms with Gasteiger partial charge in [-0.05, 0) is 56.4 Å². The summed E-state index contributed by atoms with van der Waals surface area (Å²) in [6, 6.07) is 11.6. The van der Waals surface area contributed by atoms with E-state index < -0.39 is 17.6 Å². The van der Waals surface area contributed by atoms with Gasteiger partial charge in [0.1, 0.15) is 5.82 Å². The van der Waals surface area contributed by atoms with Gasteiger partial charge in [0, 0.05) is 48.5 Å². The number of carbonyl (C=O) groups excluding carboxylic acids is 2. The molecular weight excluding hydrogens is 385 g/mol. The number of aromatic nitrogens is 1. The van der Waals surface area contributed by atoms with Crippen molar-refractivity contribution in [2.45, 2.75) is 6.92 Å². The summed E-state index contributed by atoms with van der Waals surface area (Å²) < 4.78 is 13.8. The average molecular weight is 409 g/mol. The lowest BCUT2D eigenvalue weighted by molar-refractivity contribution is -0.132. The van der Waals surface area contributed by atoms with Gasteiger partial charge in [0.05, 0.1) is 11.4 Å². The fourth-order valence-electron chi connectivity index (χ4n) is 3.65. The smallest absolute Gasteiger partial charge is 0.314 e. The Bertz CT molecular complexity index is 1100. The number of H-pyrrole nitrogens is 1. The highest BCUT2D eigenvalue weighted by atomic mass is 19.1. The van der Waals surface area contributed by atoms with Crippen LogP contribution in [-0.2, 0) is 9.59 Å². The van der Waals surface area contributed by atoms with Crippen molar-refractivity contribution in [3.63, 3.8) is 0 Å². The largest absolute Gasteiger partial charge is 0.367 e. The number of hydrogen-bond donors (Lipinski definition) is 3. The molecule has 1 aliphatic rings. The molecule has 7 nitrogen and oxygen atoms in total. The molecule has 4 rings (SSSR count). The Kier molecular flexibility index (Phi) is 5.41. The molecule has 0 radical (unpaired) electrons. The van der Waals surface area contributed by atoms with Crippen LogP contribution in [0.5, 0.6) is 0 Å². The second-order valence-corrected chi connectivity index (χ2v) is 7.61. The lowest BCUT2D eigenvalue weighted by atomic mass is 10.2. The van der Waals surface area contributed by atoms with Crippen LogP contribution >= 0.6 is 0 Å². The standard InChI is InChI=1S/C22H24FN5O2/c1-14-11-15-12-17(4-5-18(15)24-14)25-21(29)22(30)26-19-13-16(23)3-6-20(19)28-9-7-27(2)8-10-28/h3-6,11-13,24H,7-10H2,1-2H3,(H,25,29)(H,26,30). The number of nitrogens with zero attached hydrogens (tertiary/aromatic N) is 2. The summed E-state index contributed by atoms with van der Waals surface area (Å²) in [4.78, 5) is 32.4. The molecule has 1 saturated heterocycles. The first kappa shape index (κ1) is 19.9. The molecule has 0 spiro atoms. The monoisotopic (exact) mass is 409 g/mol. The van der Waals surface area contributed by atoms with E-state index in [9.17, 15) is 14.0 Å². The van der Waals surface area contributed by atoms with Crippen molar-refractivity contribution in [1.82, 2.24) is 9.88 Å². The summed E-state index contributed by atoms with van der Waals surface area (Å²) in [5.41, 5.74) is 3.46. The fourth-order valence-corrected chi connectivity index (χ4v) is 3.65. The first-order valence-electron chi connectivity index (χ1n) is 9.84. The number of carbonyl (C=O) groups is 2. The third-order valence-electron chi connectivity index (χ3n) is 5.27. The van der Waals surface area contributed by atoms with Crippen LogP contribution in [0.1, 0.15) is 5.69 Å². The van der Waals surface area contributed by atoms with Gasteiger partial charge in [-0.3, -0.25) is 9.59 Å². The van der Waals surface area contributed by atoms with E-state index >= 15 is 0 Å². The minimum absolute atomic E-state index is 0.288. The summed E-state index contributed by atoms with van der Waals surface area (Å²) >= 11 is 0. The minimum atomic E-state index is -0.846. The SMILES string of the molecule is Cc1cc2cc(NC(=O)C(=O)Nc3cc(F)ccc3N3CCN(C)CC3)ccc2[nH]1. The quantitative estimate of drug-likeness (QED) is 0.581. The normalized spacial score (nSPS) is 14.7. The molecule has 0 atom stereocenters. The Hall–Kier alpha value is -3.39. The van der Waals surface area contributed by atoms with Gasteiger partial charge in [0.2, 0.25) is 0 Å². The Morgan fingerprint density at radius 2 is 1.70 bits per heavy atom. The maximum absolute atomic E-state index is 13.8. The van der Waals surface area contributed by atoms with E-state index in [-0.39, 0.29) is 5.69 Å². The van der Waals surface area contributed by atoms with Gasteiger partial charge in [0.15, 0.2) is 0 Å². The Labute approximate surface area is 173 Å². The second-order valence-electron chi connectivity index (χ2n) is 7.61. The van der Waals surface area contributed by atoms with E-state index in [1.54, 1.807) is 18.2 Å². The first-order valence-corrected chi connectivity index (χ1v) is 9.84. The topological polar surface area (TPSA) is 80.5 Å². The number of fused-ring (bicyclic) bond motifs is 1. The van der Waals surface area contributed by atoms with Crippen molar-refractivity contribution >= 4 is 39.8 Å². The minimum Gasteiger partial charge on any atom is -0.367 e. The molecule has 30 heavy (non-hydrogen) atoms. The van der Waals surface area contributed by atoms with E-state index in [0.29, 0.717) is 11.4 Å². The number of piperazine rings is 1. The molecule has 2 heterocycles. The highest BCUT2D eigenvalue weighted by molar-refractivity contribution is 6.44. The van der Waals surface area contributed by atoms with E-state index in [2.05, 4.69) is 25.4 Å². The number of likely N-dealkylation sites (N-methyl/N-ethyl adjacent to an activating group) is 1. The molecule has 0 bridgehead atoms. The van der Waals surface area contributed by atoms with E-state index in [4.69, 9.17) is 0 Å². The van der Waals surface area contributed by atoms with Crippen LogP contribution in [-0.4, -0.2) is 54.9 Å². The lowest BCUT2D eigenvalue weighted by Gasteiger charge is -2.35. The number of aryl methyl sites for hydroxylation is 1. The van der Waals surface area contributed by atoms with Crippen molar-refractivity contribution in [2.75, 3.05) is 48.8 Å². The van der Waals surface area contributed by atoms with Gasteiger partial charge in [-0.2, -0.15) is 0 Å². The van der Waals surface area contributed by atoms with Gasteiger partial charge >= 0.3 is 11.8 Å². The number of hydrogen-bond acceptors (Lipinski definition) is 4. The third-order valence-corrected chi connectivity index (χ3v) is 5.27. The predicted molar refractivity (Wildman–Crippen MR) is 116 cm³/mol. The maximum Gasteiger partial charge on any atom is 0.314 e. The zero-order valence-electron chi connectivity index (χ0n) is 17.0. The van der Waals surface area contributed by atoms with Crippen molar-refractivity contribution in [1.29, 1.82) is 0 Å². The van der Waals surface area contributed by atoms with Crippen molar-refractivity contribution in [3.8, 4) is 0 Å². The average Bonchev–Trinajstić information content (AvgIpc) is 3.08. The second kappa shape index (κ2) is 8.16. The maximum atomic E-state index is 13.8. The third kappa shape index (κ3) is 4.28. The van der Waals surface area contributed by atoms with Crippen LogP contribution < -0.4 is 15.5 Å². The van der Waals surface area contributed by atoms with Crippen LogP contribution in [0.15, 0.2) is 42.5 Å². The Balaban J connectivity index is 1.48. The number of rotatable bonds is 3. The van der Waals surface area contributed by atoms with E-state index in [0.717, 1.165) is 42.8 Å². The van der Waals surface area contributed by atoms with Crippen molar-refractivity contribution < 1.29 is 14.0 Å². The zero-order chi connectivity index (χ0) is 21.3. The van der Waals surface area contributed by atoms with Crippen LogP contribution in [0.2, 0.25) is 0 Å². The summed E-state index contributed by atoms with van der Waals surface area (Å²) in [6.45, 7) is 5.20. The molecule has 3 aromatic rings.